The van der Waals surface area contributed by atoms with Crippen LogP contribution in [0.3, 0.4) is 0 Å². The predicted molar refractivity (Wildman–Crippen MR) is 116 cm³/mol. The summed E-state index contributed by atoms with van der Waals surface area (Å²) < 4.78 is 0. The summed E-state index contributed by atoms with van der Waals surface area (Å²) in [5.41, 5.74) is 4.88. The molecule has 0 amide bonds. The number of rotatable bonds is 3. The Kier molecular flexibility index (Phi) is 4.88. The lowest BCUT2D eigenvalue weighted by molar-refractivity contribution is 0.133. The third-order valence-corrected chi connectivity index (χ3v) is 6.75. The number of likely N-dealkylation sites (tertiary alicyclic amines) is 1. The van der Waals surface area contributed by atoms with Crippen molar-refractivity contribution in [2.75, 3.05) is 26.7 Å². The minimum absolute atomic E-state index is 0.368. The van der Waals surface area contributed by atoms with Crippen LogP contribution in [0, 0.1) is 12.3 Å². The molecule has 27 heavy (non-hydrogen) atoms. The summed E-state index contributed by atoms with van der Waals surface area (Å²) in [7, 11) is 2.24. The fourth-order valence-corrected chi connectivity index (χ4v) is 5.46. The first-order chi connectivity index (χ1) is 13.1. The molecule has 1 fully saturated rings. The molecule has 1 aliphatic carbocycles. The first kappa shape index (κ1) is 18.3. The van der Waals surface area contributed by atoms with Gasteiger partial charge in [-0.3, -0.25) is 0 Å². The van der Waals surface area contributed by atoms with Crippen LogP contribution in [0.5, 0.6) is 0 Å². The third-order valence-electron chi connectivity index (χ3n) is 6.37. The number of nitrogens with one attached hydrogen (secondary N) is 2. The van der Waals surface area contributed by atoms with Crippen LogP contribution in [-0.4, -0.2) is 58.7 Å². The number of aromatic amines is 1. The van der Waals surface area contributed by atoms with E-state index in [1.807, 2.05) is 0 Å². The van der Waals surface area contributed by atoms with Crippen LogP contribution >= 0.6 is 12.2 Å². The van der Waals surface area contributed by atoms with Crippen LogP contribution in [0.15, 0.2) is 18.2 Å². The Hall–Kier alpha value is -2.03. The average Bonchev–Trinajstić information content (AvgIpc) is 3.03. The van der Waals surface area contributed by atoms with Gasteiger partial charge in [-0.1, -0.05) is 18.1 Å². The maximum Gasteiger partial charge on any atom is 0.169 e. The number of aromatic nitrogens is 1. The lowest BCUT2D eigenvalue weighted by Crippen LogP contribution is -2.56. The topological polar surface area (TPSA) is 34.3 Å². The van der Waals surface area contributed by atoms with E-state index >= 15 is 0 Å². The number of thiocarbonyl (C=S) groups is 1. The maximum atomic E-state index is 5.77. The Balaban J connectivity index is 1.65. The van der Waals surface area contributed by atoms with Crippen molar-refractivity contribution >= 4 is 28.2 Å². The zero-order valence-corrected chi connectivity index (χ0v) is 17.2. The number of hydrogen-bond acceptors (Lipinski definition) is 2. The first-order valence-electron chi connectivity index (χ1n) is 9.93. The average molecular weight is 381 g/mol. The van der Waals surface area contributed by atoms with Crippen molar-refractivity contribution in [2.45, 2.75) is 44.7 Å². The summed E-state index contributed by atoms with van der Waals surface area (Å²) in [5, 5.41) is 5.86. The number of hydrogen-bond donors (Lipinski definition) is 2. The molecule has 5 heteroatoms. The molecule has 1 aromatic carbocycles. The molecule has 1 unspecified atom stereocenters. The zero-order chi connectivity index (χ0) is 19.1. The van der Waals surface area contributed by atoms with E-state index in [1.54, 1.807) is 0 Å². The van der Waals surface area contributed by atoms with E-state index < -0.39 is 0 Å². The quantitative estimate of drug-likeness (QED) is 0.634. The SMILES string of the molecule is C#Cc1[nH]c2cccc3c2c1C[C@@H]1C3C[C@H](NC(=S)N(CC)CC)CN1C. The van der Waals surface area contributed by atoms with Crippen LogP contribution in [0.1, 0.15) is 43.0 Å². The number of fused-ring (bicyclic) bond motifs is 2. The third kappa shape index (κ3) is 3.01. The molecule has 142 valence electrons. The van der Waals surface area contributed by atoms with Gasteiger partial charge >= 0.3 is 0 Å². The number of nitrogens with zero attached hydrogens (tertiary/aromatic N) is 2. The molecule has 0 saturated carbocycles. The Bertz CT molecular complexity index is 905. The Morgan fingerprint density at radius 2 is 2.19 bits per heavy atom. The molecule has 0 spiro atoms. The highest BCUT2D eigenvalue weighted by Crippen LogP contribution is 2.44. The fourth-order valence-electron chi connectivity index (χ4n) is 5.03. The normalized spacial score (nSPS) is 24.3. The van der Waals surface area contributed by atoms with Crippen molar-refractivity contribution in [1.29, 1.82) is 0 Å². The van der Waals surface area contributed by atoms with Gasteiger partial charge in [-0.2, -0.15) is 0 Å². The second kappa shape index (κ2) is 7.18. The second-order valence-corrected chi connectivity index (χ2v) is 8.15. The monoisotopic (exact) mass is 380 g/mol. The molecule has 0 bridgehead atoms. The van der Waals surface area contributed by atoms with E-state index in [-0.39, 0.29) is 0 Å². The van der Waals surface area contributed by atoms with E-state index in [0.717, 1.165) is 43.3 Å². The van der Waals surface area contributed by atoms with E-state index in [1.165, 1.54) is 22.0 Å². The molecule has 2 aliphatic rings. The predicted octanol–water partition coefficient (Wildman–Crippen LogP) is 3.08. The van der Waals surface area contributed by atoms with E-state index in [0.29, 0.717) is 18.0 Å². The van der Waals surface area contributed by atoms with E-state index in [9.17, 15) is 0 Å². The Morgan fingerprint density at radius 1 is 1.41 bits per heavy atom. The van der Waals surface area contributed by atoms with Gasteiger partial charge in [0.1, 0.15) is 0 Å². The van der Waals surface area contributed by atoms with Crippen molar-refractivity contribution in [2.24, 2.45) is 0 Å². The minimum atomic E-state index is 0.368. The van der Waals surface area contributed by atoms with Crippen molar-refractivity contribution in [3.8, 4) is 12.3 Å². The van der Waals surface area contributed by atoms with Crippen molar-refractivity contribution in [3.05, 3.63) is 35.0 Å². The van der Waals surface area contributed by atoms with Gasteiger partial charge in [0.15, 0.2) is 5.11 Å². The van der Waals surface area contributed by atoms with Crippen molar-refractivity contribution in [1.82, 2.24) is 20.1 Å². The number of terminal acetylenes is 1. The van der Waals surface area contributed by atoms with Gasteiger partial charge in [0.05, 0.1) is 5.69 Å². The summed E-state index contributed by atoms with van der Waals surface area (Å²) in [5.74, 6) is 3.36. The molecule has 1 aromatic heterocycles. The van der Waals surface area contributed by atoms with Crippen LogP contribution in [0.4, 0.5) is 0 Å². The summed E-state index contributed by atoms with van der Waals surface area (Å²) >= 11 is 5.66. The highest BCUT2D eigenvalue weighted by atomic mass is 32.1. The molecular weight excluding hydrogens is 352 g/mol. The molecule has 1 saturated heterocycles. The molecule has 1 aliphatic heterocycles. The van der Waals surface area contributed by atoms with Gasteiger partial charge in [0.25, 0.3) is 0 Å². The van der Waals surface area contributed by atoms with Crippen LogP contribution in [-0.2, 0) is 6.42 Å². The first-order valence-corrected chi connectivity index (χ1v) is 10.3. The summed E-state index contributed by atoms with van der Waals surface area (Å²) in [6.45, 7) is 7.19. The highest BCUT2D eigenvalue weighted by molar-refractivity contribution is 7.80. The van der Waals surface area contributed by atoms with Gasteiger partial charge in [-0.05, 0) is 63.1 Å². The molecule has 3 atom stereocenters. The Morgan fingerprint density at radius 3 is 2.89 bits per heavy atom. The van der Waals surface area contributed by atoms with Gasteiger partial charge in [0.2, 0.25) is 0 Å². The Labute approximate surface area is 167 Å². The van der Waals surface area contributed by atoms with Crippen molar-refractivity contribution in [3.63, 3.8) is 0 Å². The van der Waals surface area contributed by atoms with Gasteiger partial charge in [-0.15, -0.1) is 6.42 Å². The molecule has 2 N–H and O–H groups in total. The smallest absolute Gasteiger partial charge is 0.169 e. The number of benzene rings is 1. The molecule has 2 heterocycles. The summed E-state index contributed by atoms with van der Waals surface area (Å²) in [6, 6.07) is 7.44. The number of likely N-dealkylation sites (N-methyl/N-ethyl adjacent to an activating group) is 1. The van der Waals surface area contributed by atoms with Crippen LogP contribution in [0.2, 0.25) is 0 Å². The van der Waals surface area contributed by atoms with Crippen LogP contribution in [0.25, 0.3) is 10.9 Å². The second-order valence-electron chi connectivity index (χ2n) is 7.76. The van der Waals surface area contributed by atoms with Crippen LogP contribution < -0.4 is 5.32 Å². The lowest BCUT2D eigenvalue weighted by Gasteiger charge is -2.46. The molecule has 2 aromatic rings. The number of H-pyrrole nitrogens is 1. The largest absolute Gasteiger partial charge is 0.359 e. The number of piperidine rings is 1. The van der Waals surface area contributed by atoms with E-state index in [4.69, 9.17) is 18.6 Å². The zero-order valence-electron chi connectivity index (χ0n) is 16.4. The van der Waals surface area contributed by atoms with Gasteiger partial charge in [-0.25, -0.2) is 0 Å². The summed E-state index contributed by atoms with van der Waals surface area (Å²) in [4.78, 5) is 8.15. The summed E-state index contributed by atoms with van der Waals surface area (Å²) in [6.07, 6.45) is 7.90. The molecule has 4 nitrogen and oxygen atoms in total. The fraction of sp³-hybridized carbons (Fsp3) is 0.500. The van der Waals surface area contributed by atoms with Gasteiger partial charge in [0, 0.05) is 48.5 Å². The standard InChI is InChI=1S/C22H28N4S/c1-5-18-17-12-20-16(15-9-8-10-19(24-18)21(15)17)11-14(13-25(20)4)23-22(27)26(6-2)7-3/h1,8-10,14,16,20,24H,6-7,11-13H2,2-4H3,(H,23,27)/t14-,16?,20+/m0/s1. The maximum absolute atomic E-state index is 5.77. The molecular formula is C22H28N4S. The van der Waals surface area contributed by atoms with Gasteiger partial charge < -0.3 is 20.1 Å². The molecule has 4 rings (SSSR count). The lowest BCUT2D eigenvalue weighted by atomic mass is 9.73. The van der Waals surface area contributed by atoms with Crippen molar-refractivity contribution < 1.29 is 0 Å². The molecule has 0 radical (unpaired) electrons. The minimum Gasteiger partial charge on any atom is -0.359 e. The highest BCUT2D eigenvalue weighted by Gasteiger charge is 2.40. The van der Waals surface area contributed by atoms with E-state index in [2.05, 4.69) is 65.1 Å².